The number of hydrogen-bond donors (Lipinski definition) is 3. The lowest BCUT2D eigenvalue weighted by molar-refractivity contribution is -0.126. The average Bonchev–Trinajstić information content (AvgIpc) is 2.62. The first-order chi connectivity index (χ1) is 12.5. The number of rotatable bonds is 6. The van der Waals surface area contributed by atoms with Gasteiger partial charge in [-0.05, 0) is 52.0 Å². The summed E-state index contributed by atoms with van der Waals surface area (Å²) in [7, 11) is 1.80. The van der Waals surface area contributed by atoms with Gasteiger partial charge in [0.15, 0.2) is 5.96 Å². The SMILES string of the molecule is CN=C(NCCc1ccc(C)cc1)NC1CCCC(C(=O)NC(C)C)C1.I. The van der Waals surface area contributed by atoms with Gasteiger partial charge in [0.2, 0.25) is 5.91 Å². The number of carbonyl (C=O) groups is 1. The van der Waals surface area contributed by atoms with E-state index in [1.165, 1.54) is 11.1 Å². The number of amides is 1. The van der Waals surface area contributed by atoms with E-state index in [-0.39, 0.29) is 41.8 Å². The summed E-state index contributed by atoms with van der Waals surface area (Å²) in [6.45, 7) is 6.96. The lowest BCUT2D eigenvalue weighted by Gasteiger charge is -2.30. The molecule has 1 aromatic rings. The molecular weight excluding hydrogens is 451 g/mol. The fourth-order valence-electron chi connectivity index (χ4n) is 3.43. The van der Waals surface area contributed by atoms with E-state index >= 15 is 0 Å². The van der Waals surface area contributed by atoms with E-state index in [1.54, 1.807) is 7.05 Å². The van der Waals surface area contributed by atoms with Gasteiger partial charge in [0.25, 0.3) is 0 Å². The lowest BCUT2D eigenvalue weighted by Crippen LogP contribution is -2.47. The minimum Gasteiger partial charge on any atom is -0.356 e. The number of carbonyl (C=O) groups excluding carboxylic acids is 1. The Balaban J connectivity index is 0.00000364. The summed E-state index contributed by atoms with van der Waals surface area (Å²) in [5, 5.41) is 9.94. The molecule has 1 fully saturated rings. The molecule has 0 aromatic heterocycles. The fourth-order valence-corrected chi connectivity index (χ4v) is 3.43. The Morgan fingerprint density at radius 3 is 2.56 bits per heavy atom. The molecule has 1 saturated carbocycles. The quantitative estimate of drug-likeness (QED) is 0.328. The molecule has 27 heavy (non-hydrogen) atoms. The molecule has 6 heteroatoms. The van der Waals surface area contributed by atoms with Gasteiger partial charge in [0.1, 0.15) is 0 Å². The first kappa shape index (κ1) is 23.7. The van der Waals surface area contributed by atoms with E-state index in [4.69, 9.17) is 0 Å². The van der Waals surface area contributed by atoms with Gasteiger partial charge in [-0.1, -0.05) is 36.2 Å². The van der Waals surface area contributed by atoms with Crippen molar-refractivity contribution in [1.82, 2.24) is 16.0 Å². The van der Waals surface area contributed by atoms with Crippen LogP contribution in [0, 0.1) is 12.8 Å². The van der Waals surface area contributed by atoms with Crippen LogP contribution in [0.3, 0.4) is 0 Å². The van der Waals surface area contributed by atoms with Crippen LogP contribution in [0.1, 0.15) is 50.7 Å². The molecule has 0 spiro atoms. The maximum Gasteiger partial charge on any atom is 0.223 e. The third-order valence-electron chi connectivity index (χ3n) is 4.87. The van der Waals surface area contributed by atoms with Crippen molar-refractivity contribution in [3.63, 3.8) is 0 Å². The Bertz CT molecular complexity index is 601. The number of aliphatic imine (C=N–C) groups is 1. The standard InChI is InChI=1S/C21H34N4O.HI/c1-15(2)24-20(26)18-6-5-7-19(14-18)25-21(22-4)23-13-12-17-10-8-16(3)9-11-17;/h8-11,15,18-19H,5-7,12-14H2,1-4H3,(H,24,26)(H2,22,23,25);1H. The van der Waals surface area contributed by atoms with Crippen molar-refractivity contribution in [2.75, 3.05) is 13.6 Å². The molecule has 1 aliphatic carbocycles. The maximum atomic E-state index is 12.3. The van der Waals surface area contributed by atoms with Crippen LogP contribution in [-0.4, -0.2) is 37.5 Å². The van der Waals surface area contributed by atoms with Gasteiger partial charge >= 0.3 is 0 Å². The molecule has 0 saturated heterocycles. The van der Waals surface area contributed by atoms with E-state index in [0.717, 1.165) is 44.6 Å². The van der Waals surface area contributed by atoms with Crippen molar-refractivity contribution in [3.05, 3.63) is 35.4 Å². The Labute approximate surface area is 181 Å². The number of benzene rings is 1. The lowest BCUT2D eigenvalue weighted by atomic mass is 9.85. The maximum absolute atomic E-state index is 12.3. The number of aryl methyl sites for hydroxylation is 1. The summed E-state index contributed by atoms with van der Waals surface area (Å²) in [4.78, 5) is 16.6. The van der Waals surface area contributed by atoms with E-state index < -0.39 is 0 Å². The van der Waals surface area contributed by atoms with Gasteiger partial charge in [-0.25, -0.2) is 0 Å². The smallest absolute Gasteiger partial charge is 0.223 e. The second kappa shape index (κ2) is 12.2. The zero-order valence-corrected chi connectivity index (χ0v) is 19.4. The van der Waals surface area contributed by atoms with Crippen molar-refractivity contribution in [2.24, 2.45) is 10.9 Å². The predicted molar refractivity (Wildman–Crippen MR) is 124 cm³/mol. The minimum absolute atomic E-state index is 0. The zero-order valence-electron chi connectivity index (χ0n) is 17.0. The van der Waals surface area contributed by atoms with Gasteiger partial charge in [-0.15, -0.1) is 24.0 Å². The van der Waals surface area contributed by atoms with Crippen molar-refractivity contribution in [2.45, 2.75) is 65.0 Å². The zero-order chi connectivity index (χ0) is 18.9. The van der Waals surface area contributed by atoms with Crippen LogP contribution in [0.15, 0.2) is 29.3 Å². The van der Waals surface area contributed by atoms with Crippen LogP contribution >= 0.6 is 24.0 Å². The highest BCUT2D eigenvalue weighted by Crippen LogP contribution is 2.24. The molecule has 0 bridgehead atoms. The predicted octanol–water partition coefficient (Wildman–Crippen LogP) is 3.40. The minimum atomic E-state index is 0. The van der Waals surface area contributed by atoms with Gasteiger partial charge in [-0.3, -0.25) is 9.79 Å². The molecule has 0 radical (unpaired) electrons. The Hall–Kier alpha value is -1.31. The molecule has 0 heterocycles. The molecule has 2 atom stereocenters. The Morgan fingerprint density at radius 2 is 1.93 bits per heavy atom. The average molecular weight is 486 g/mol. The summed E-state index contributed by atoms with van der Waals surface area (Å²) in [6, 6.07) is 9.14. The second-order valence-corrected chi connectivity index (χ2v) is 7.60. The number of nitrogens with one attached hydrogen (secondary N) is 3. The molecule has 152 valence electrons. The number of hydrogen-bond acceptors (Lipinski definition) is 2. The second-order valence-electron chi connectivity index (χ2n) is 7.60. The fraction of sp³-hybridized carbons (Fsp3) is 0.619. The van der Waals surface area contributed by atoms with Gasteiger partial charge < -0.3 is 16.0 Å². The molecule has 3 N–H and O–H groups in total. The monoisotopic (exact) mass is 486 g/mol. The highest BCUT2D eigenvalue weighted by molar-refractivity contribution is 14.0. The van der Waals surface area contributed by atoms with Crippen LogP contribution in [0.25, 0.3) is 0 Å². The van der Waals surface area contributed by atoms with Crippen molar-refractivity contribution in [1.29, 1.82) is 0 Å². The summed E-state index contributed by atoms with van der Waals surface area (Å²) < 4.78 is 0. The van der Waals surface area contributed by atoms with Crippen LogP contribution in [0.2, 0.25) is 0 Å². The topological polar surface area (TPSA) is 65.5 Å². The highest BCUT2D eigenvalue weighted by atomic mass is 127. The normalized spacial score (nSPS) is 20.0. The number of guanidine groups is 1. The largest absolute Gasteiger partial charge is 0.356 e. The van der Waals surface area contributed by atoms with Crippen molar-refractivity contribution >= 4 is 35.8 Å². The summed E-state index contributed by atoms with van der Waals surface area (Å²) in [5.41, 5.74) is 2.61. The van der Waals surface area contributed by atoms with E-state index in [9.17, 15) is 4.79 Å². The molecular formula is C21H35IN4O. The number of nitrogens with zero attached hydrogens (tertiary/aromatic N) is 1. The van der Waals surface area contributed by atoms with Gasteiger partial charge in [-0.2, -0.15) is 0 Å². The van der Waals surface area contributed by atoms with Crippen LogP contribution < -0.4 is 16.0 Å². The number of halogens is 1. The van der Waals surface area contributed by atoms with Crippen LogP contribution in [0.4, 0.5) is 0 Å². The molecule has 1 aromatic carbocycles. The van der Waals surface area contributed by atoms with Crippen LogP contribution in [0.5, 0.6) is 0 Å². The highest BCUT2D eigenvalue weighted by Gasteiger charge is 2.27. The summed E-state index contributed by atoms with van der Waals surface area (Å²) in [5.74, 6) is 1.12. The molecule has 5 nitrogen and oxygen atoms in total. The van der Waals surface area contributed by atoms with E-state index in [1.807, 2.05) is 13.8 Å². The third-order valence-corrected chi connectivity index (χ3v) is 4.87. The molecule has 2 unspecified atom stereocenters. The third kappa shape index (κ3) is 8.49. The summed E-state index contributed by atoms with van der Waals surface area (Å²) >= 11 is 0. The Morgan fingerprint density at radius 1 is 1.22 bits per heavy atom. The first-order valence-electron chi connectivity index (χ1n) is 9.81. The molecule has 2 rings (SSSR count). The molecule has 1 amide bonds. The van der Waals surface area contributed by atoms with Gasteiger partial charge in [0.05, 0.1) is 0 Å². The molecule has 1 aliphatic rings. The van der Waals surface area contributed by atoms with Crippen molar-refractivity contribution in [3.8, 4) is 0 Å². The Kier molecular flexibility index (Phi) is 10.7. The van der Waals surface area contributed by atoms with E-state index in [0.29, 0.717) is 6.04 Å². The molecule has 0 aliphatic heterocycles. The van der Waals surface area contributed by atoms with E-state index in [2.05, 4.69) is 52.1 Å². The van der Waals surface area contributed by atoms with Gasteiger partial charge in [0, 0.05) is 31.6 Å². The van der Waals surface area contributed by atoms with Crippen LogP contribution in [-0.2, 0) is 11.2 Å². The van der Waals surface area contributed by atoms with Crippen molar-refractivity contribution < 1.29 is 4.79 Å². The first-order valence-corrected chi connectivity index (χ1v) is 9.81. The summed E-state index contributed by atoms with van der Waals surface area (Å²) in [6.07, 6.45) is 4.98.